The van der Waals surface area contributed by atoms with E-state index in [1.165, 1.54) is 12.0 Å². The van der Waals surface area contributed by atoms with Gasteiger partial charge in [0.25, 0.3) is 11.7 Å². The van der Waals surface area contributed by atoms with E-state index in [1.807, 2.05) is 49.4 Å². The molecule has 0 aliphatic carbocycles. The molecule has 1 fully saturated rings. The summed E-state index contributed by atoms with van der Waals surface area (Å²) in [6.07, 6.45) is 0. The standard InChI is InChI=1S/C28H26BrNO5/c1-18-5-3-6-19(15-18)17-35-23-11-9-20(10-12-23)26(31)24-25(21-7-4-8-22(29)16-21)30(13-14-34-2)28(33)27(24)32/h3-12,15-16,25,31H,13-14,17H2,1-2H3/b26-24+/t25-/m1/s1. The highest BCUT2D eigenvalue weighted by molar-refractivity contribution is 9.10. The third kappa shape index (κ3) is 5.47. The molecule has 1 heterocycles. The summed E-state index contributed by atoms with van der Waals surface area (Å²) in [7, 11) is 1.54. The minimum Gasteiger partial charge on any atom is -0.507 e. The lowest BCUT2D eigenvalue weighted by Gasteiger charge is -2.25. The molecule has 4 rings (SSSR count). The van der Waals surface area contributed by atoms with Crippen LogP contribution >= 0.6 is 15.9 Å². The van der Waals surface area contributed by atoms with E-state index >= 15 is 0 Å². The van der Waals surface area contributed by atoms with Gasteiger partial charge in [-0.2, -0.15) is 0 Å². The minimum absolute atomic E-state index is 0.0534. The summed E-state index contributed by atoms with van der Waals surface area (Å²) in [6.45, 7) is 2.94. The molecule has 1 N–H and O–H groups in total. The molecule has 3 aromatic rings. The zero-order valence-electron chi connectivity index (χ0n) is 19.5. The van der Waals surface area contributed by atoms with Crippen LogP contribution in [0.4, 0.5) is 0 Å². The zero-order chi connectivity index (χ0) is 24.9. The van der Waals surface area contributed by atoms with Crippen molar-refractivity contribution in [1.82, 2.24) is 4.90 Å². The Bertz CT molecular complexity index is 1270. The number of nitrogens with zero attached hydrogens (tertiary/aromatic N) is 1. The van der Waals surface area contributed by atoms with Crippen molar-refractivity contribution in [3.8, 4) is 5.75 Å². The molecular weight excluding hydrogens is 510 g/mol. The number of methoxy groups -OCH3 is 1. The lowest BCUT2D eigenvalue weighted by molar-refractivity contribution is -0.140. The number of ether oxygens (including phenoxy) is 2. The van der Waals surface area contributed by atoms with Gasteiger partial charge in [-0.15, -0.1) is 0 Å². The van der Waals surface area contributed by atoms with Crippen LogP contribution in [-0.4, -0.2) is 42.0 Å². The fourth-order valence-corrected chi connectivity index (χ4v) is 4.57. The van der Waals surface area contributed by atoms with Gasteiger partial charge in [-0.25, -0.2) is 0 Å². The number of rotatable bonds is 8. The van der Waals surface area contributed by atoms with Crippen molar-refractivity contribution in [2.75, 3.05) is 20.3 Å². The normalized spacial score (nSPS) is 17.1. The fraction of sp³-hybridized carbons (Fsp3) is 0.214. The molecule has 1 aliphatic rings. The van der Waals surface area contributed by atoms with Crippen molar-refractivity contribution < 1.29 is 24.2 Å². The Kier molecular flexibility index (Phi) is 7.68. The molecule has 1 amide bonds. The number of amides is 1. The van der Waals surface area contributed by atoms with Gasteiger partial charge >= 0.3 is 0 Å². The summed E-state index contributed by atoms with van der Waals surface area (Å²) in [6, 6.07) is 21.5. The maximum absolute atomic E-state index is 13.0. The highest BCUT2D eigenvalue weighted by Crippen LogP contribution is 2.40. The lowest BCUT2D eigenvalue weighted by Crippen LogP contribution is -2.32. The number of likely N-dealkylation sites (tertiary alicyclic amines) is 1. The number of aliphatic hydroxyl groups is 1. The monoisotopic (exact) mass is 535 g/mol. The second kappa shape index (κ2) is 10.9. The SMILES string of the molecule is COCCN1C(=O)C(=O)/C(=C(/O)c2ccc(OCc3cccc(C)c3)cc2)[C@H]1c1cccc(Br)c1. The second-order valence-corrected chi connectivity index (χ2v) is 9.26. The van der Waals surface area contributed by atoms with Crippen LogP contribution in [0.3, 0.4) is 0 Å². The Balaban J connectivity index is 1.64. The number of halogens is 1. The fourth-order valence-electron chi connectivity index (χ4n) is 4.16. The van der Waals surface area contributed by atoms with Crippen molar-refractivity contribution >= 4 is 33.4 Å². The largest absolute Gasteiger partial charge is 0.507 e. The number of benzene rings is 3. The molecule has 0 saturated carbocycles. The summed E-state index contributed by atoms with van der Waals surface area (Å²) in [5.74, 6) is -0.972. The van der Waals surface area contributed by atoms with E-state index in [2.05, 4.69) is 22.0 Å². The van der Waals surface area contributed by atoms with Crippen molar-refractivity contribution in [3.05, 3.63) is 105 Å². The van der Waals surface area contributed by atoms with Crippen LogP contribution in [0, 0.1) is 6.92 Å². The van der Waals surface area contributed by atoms with E-state index in [-0.39, 0.29) is 24.5 Å². The third-order valence-corrected chi connectivity index (χ3v) is 6.35. The van der Waals surface area contributed by atoms with Crippen LogP contribution in [0.25, 0.3) is 5.76 Å². The lowest BCUT2D eigenvalue weighted by atomic mass is 9.95. The first kappa shape index (κ1) is 24.7. The molecule has 1 saturated heterocycles. The Morgan fingerprint density at radius 1 is 1.03 bits per heavy atom. The molecule has 3 aromatic carbocycles. The number of aliphatic hydroxyl groups excluding tert-OH is 1. The molecule has 35 heavy (non-hydrogen) atoms. The summed E-state index contributed by atoms with van der Waals surface area (Å²) < 4.78 is 11.8. The smallest absolute Gasteiger partial charge is 0.295 e. The van der Waals surface area contributed by atoms with E-state index in [1.54, 1.807) is 24.3 Å². The molecule has 0 radical (unpaired) electrons. The number of hydrogen-bond acceptors (Lipinski definition) is 5. The summed E-state index contributed by atoms with van der Waals surface area (Å²) >= 11 is 3.45. The topological polar surface area (TPSA) is 76.1 Å². The van der Waals surface area contributed by atoms with Crippen LogP contribution in [0.5, 0.6) is 5.75 Å². The van der Waals surface area contributed by atoms with Gasteiger partial charge in [0.2, 0.25) is 0 Å². The number of ketones is 1. The zero-order valence-corrected chi connectivity index (χ0v) is 21.1. The molecule has 7 heteroatoms. The number of aryl methyl sites for hydroxylation is 1. The average molecular weight is 536 g/mol. The summed E-state index contributed by atoms with van der Waals surface area (Å²) in [4.78, 5) is 27.3. The third-order valence-electron chi connectivity index (χ3n) is 5.86. The van der Waals surface area contributed by atoms with E-state index in [4.69, 9.17) is 9.47 Å². The minimum atomic E-state index is -0.722. The van der Waals surface area contributed by atoms with Gasteiger partial charge in [-0.05, 0) is 54.4 Å². The number of hydrogen-bond donors (Lipinski definition) is 1. The van der Waals surface area contributed by atoms with Gasteiger partial charge < -0.3 is 19.5 Å². The first-order valence-corrected chi connectivity index (χ1v) is 12.0. The van der Waals surface area contributed by atoms with E-state index < -0.39 is 17.7 Å². The quantitative estimate of drug-likeness (QED) is 0.237. The van der Waals surface area contributed by atoms with E-state index in [9.17, 15) is 14.7 Å². The maximum atomic E-state index is 13.0. The Morgan fingerprint density at radius 2 is 1.77 bits per heavy atom. The maximum Gasteiger partial charge on any atom is 0.295 e. The van der Waals surface area contributed by atoms with E-state index in [0.29, 0.717) is 23.5 Å². The first-order valence-electron chi connectivity index (χ1n) is 11.2. The highest BCUT2D eigenvalue weighted by atomic mass is 79.9. The van der Waals surface area contributed by atoms with Crippen molar-refractivity contribution in [2.45, 2.75) is 19.6 Å². The first-order chi connectivity index (χ1) is 16.9. The van der Waals surface area contributed by atoms with Crippen LogP contribution in [0.2, 0.25) is 0 Å². The van der Waals surface area contributed by atoms with Gasteiger partial charge in [-0.3, -0.25) is 9.59 Å². The van der Waals surface area contributed by atoms with Gasteiger partial charge in [-0.1, -0.05) is 57.9 Å². The molecule has 0 bridgehead atoms. The Morgan fingerprint density at radius 3 is 2.46 bits per heavy atom. The van der Waals surface area contributed by atoms with Crippen molar-refractivity contribution in [2.24, 2.45) is 0 Å². The van der Waals surface area contributed by atoms with Gasteiger partial charge in [0.1, 0.15) is 18.1 Å². The molecule has 1 atom stereocenters. The van der Waals surface area contributed by atoms with Crippen molar-refractivity contribution in [3.63, 3.8) is 0 Å². The highest BCUT2D eigenvalue weighted by Gasteiger charge is 2.45. The van der Waals surface area contributed by atoms with Gasteiger partial charge in [0.15, 0.2) is 0 Å². The number of carbonyl (C=O) groups is 2. The van der Waals surface area contributed by atoms with Crippen LogP contribution < -0.4 is 4.74 Å². The van der Waals surface area contributed by atoms with Crippen LogP contribution in [0.15, 0.2) is 82.8 Å². The van der Waals surface area contributed by atoms with Gasteiger partial charge in [0, 0.05) is 23.7 Å². The van der Waals surface area contributed by atoms with Crippen LogP contribution in [-0.2, 0) is 20.9 Å². The molecule has 1 aliphatic heterocycles. The Labute approximate surface area is 212 Å². The second-order valence-electron chi connectivity index (χ2n) is 8.34. The number of carbonyl (C=O) groups excluding carboxylic acids is 2. The molecule has 180 valence electrons. The Hall–Kier alpha value is -3.42. The number of Topliss-reactive ketones (excluding diaryl/α,β-unsaturated/α-hetero) is 1. The average Bonchev–Trinajstić information content (AvgIpc) is 3.11. The van der Waals surface area contributed by atoms with Gasteiger partial charge in [0.05, 0.1) is 18.2 Å². The summed E-state index contributed by atoms with van der Waals surface area (Å²) in [5, 5.41) is 11.2. The molecule has 0 aromatic heterocycles. The predicted molar refractivity (Wildman–Crippen MR) is 137 cm³/mol. The summed E-state index contributed by atoms with van der Waals surface area (Å²) in [5.41, 5.74) is 3.42. The van der Waals surface area contributed by atoms with E-state index in [0.717, 1.165) is 15.6 Å². The molecule has 6 nitrogen and oxygen atoms in total. The van der Waals surface area contributed by atoms with Crippen molar-refractivity contribution in [1.29, 1.82) is 0 Å². The molecular formula is C28H26BrNO5. The predicted octanol–water partition coefficient (Wildman–Crippen LogP) is 5.40. The van der Waals surface area contributed by atoms with Crippen LogP contribution in [0.1, 0.15) is 28.3 Å². The molecule has 0 spiro atoms. The molecule has 0 unspecified atom stereocenters.